The highest BCUT2D eigenvalue weighted by molar-refractivity contribution is 5.36. The lowest BCUT2D eigenvalue weighted by Crippen LogP contribution is -2.23. The molecule has 0 amide bonds. The van der Waals surface area contributed by atoms with E-state index in [4.69, 9.17) is 0 Å². The lowest BCUT2D eigenvalue weighted by Gasteiger charge is -2.15. The quantitative estimate of drug-likeness (QED) is 0.693. The molecule has 5 heteroatoms. The van der Waals surface area contributed by atoms with E-state index < -0.39 is 0 Å². The highest BCUT2D eigenvalue weighted by Gasteiger charge is 2.26. The zero-order valence-corrected chi connectivity index (χ0v) is 10.3. The van der Waals surface area contributed by atoms with Gasteiger partial charge in [-0.1, -0.05) is 11.6 Å². The summed E-state index contributed by atoms with van der Waals surface area (Å²) in [6.45, 7) is 2.75. The minimum atomic E-state index is -0.0614. The Morgan fingerprint density at radius 2 is 2.33 bits per heavy atom. The molecule has 1 aliphatic heterocycles. The molecule has 1 saturated carbocycles. The van der Waals surface area contributed by atoms with Crippen molar-refractivity contribution in [3.8, 4) is 0 Å². The van der Waals surface area contributed by atoms with Gasteiger partial charge >= 0.3 is 0 Å². The molecule has 5 nitrogen and oxygen atoms in total. The first-order valence-corrected chi connectivity index (χ1v) is 6.55. The predicted octanol–water partition coefficient (Wildman–Crippen LogP) is 0.979. The van der Waals surface area contributed by atoms with Gasteiger partial charge in [0.15, 0.2) is 0 Å². The summed E-state index contributed by atoms with van der Waals surface area (Å²) in [7, 11) is 0. The fourth-order valence-electron chi connectivity index (χ4n) is 2.15. The molecule has 0 aromatic carbocycles. The molecule has 2 aliphatic rings. The molecule has 18 heavy (non-hydrogen) atoms. The molecule has 0 spiro atoms. The summed E-state index contributed by atoms with van der Waals surface area (Å²) < 4.78 is 0. The SMILES string of the molecule is O=c1cc(NCC2=CCNCC2)nc(C2CC2)[nH]1. The number of aromatic nitrogens is 2. The molecule has 1 aromatic heterocycles. The molecule has 0 unspecified atom stereocenters. The zero-order chi connectivity index (χ0) is 12.4. The van der Waals surface area contributed by atoms with Crippen LogP contribution in [0.4, 0.5) is 5.82 Å². The molecule has 0 saturated heterocycles. The van der Waals surface area contributed by atoms with Crippen LogP contribution in [-0.4, -0.2) is 29.6 Å². The summed E-state index contributed by atoms with van der Waals surface area (Å²) in [6, 6.07) is 1.54. The first kappa shape index (κ1) is 11.5. The molecule has 96 valence electrons. The standard InChI is InChI=1S/C13H18N4O/c18-12-7-11(16-13(17-12)10-1-2-10)15-8-9-3-5-14-6-4-9/h3,7,10,14H,1-2,4-6,8H2,(H2,15,16,17,18). The fourth-order valence-corrected chi connectivity index (χ4v) is 2.15. The third kappa shape index (κ3) is 2.79. The molecule has 1 aromatic rings. The van der Waals surface area contributed by atoms with Gasteiger partial charge in [0, 0.05) is 25.1 Å². The summed E-state index contributed by atoms with van der Waals surface area (Å²) >= 11 is 0. The van der Waals surface area contributed by atoms with Gasteiger partial charge in [0.25, 0.3) is 5.56 Å². The van der Waals surface area contributed by atoms with Gasteiger partial charge in [-0.05, 0) is 25.8 Å². The van der Waals surface area contributed by atoms with Crippen molar-refractivity contribution in [1.82, 2.24) is 15.3 Å². The number of anilines is 1. The molecule has 0 bridgehead atoms. The van der Waals surface area contributed by atoms with Gasteiger partial charge in [-0.25, -0.2) is 4.98 Å². The highest BCUT2D eigenvalue weighted by Crippen LogP contribution is 2.37. The Morgan fingerprint density at radius 3 is 3.06 bits per heavy atom. The molecule has 1 aliphatic carbocycles. The van der Waals surface area contributed by atoms with Crippen molar-refractivity contribution in [3.63, 3.8) is 0 Å². The van der Waals surface area contributed by atoms with E-state index in [2.05, 4.69) is 26.7 Å². The van der Waals surface area contributed by atoms with Gasteiger partial charge in [0.05, 0.1) is 0 Å². The van der Waals surface area contributed by atoms with Crippen molar-refractivity contribution in [2.24, 2.45) is 0 Å². The van der Waals surface area contributed by atoms with Crippen molar-refractivity contribution in [2.75, 3.05) is 25.0 Å². The topological polar surface area (TPSA) is 69.8 Å². The lowest BCUT2D eigenvalue weighted by atomic mass is 10.1. The smallest absolute Gasteiger partial charge is 0.252 e. The Balaban J connectivity index is 1.68. The second-order valence-corrected chi connectivity index (χ2v) is 4.96. The first-order valence-electron chi connectivity index (χ1n) is 6.55. The Labute approximate surface area is 106 Å². The predicted molar refractivity (Wildman–Crippen MR) is 70.9 cm³/mol. The third-order valence-corrected chi connectivity index (χ3v) is 3.38. The van der Waals surface area contributed by atoms with Gasteiger partial charge in [-0.2, -0.15) is 0 Å². The van der Waals surface area contributed by atoms with E-state index in [1.165, 1.54) is 11.6 Å². The van der Waals surface area contributed by atoms with Gasteiger partial charge < -0.3 is 15.6 Å². The number of nitrogens with zero attached hydrogens (tertiary/aromatic N) is 1. The lowest BCUT2D eigenvalue weighted by molar-refractivity contribution is 0.697. The number of rotatable bonds is 4. The Bertz CT molecular complexity index is 516. The summed E-state index contributed by atoms with van der Waals surface area (Å²) in [5, 5.41) is 6.53. The monoisotopic (exact) mass is 246 g/mol. The summed E-state index contributed by atoms with van der Waals surface area (Å²) in [4.78, 5) is 18.8. The Kier molecular flexibility index (Phi) is 3.15. The van der Waals surface area contributed by atoms with Gasteiger partial charge in [0.2, 0.25) is 0 Å². The van der Waals surface area contributed by atoms with E-state index in [-0.39, 0.29) is 5.56 Å². The maximum absolute atomic E-state index is 11.5. The number of H-pyrrole nitrogens is 1. The second kappa shape index (κ2) is 4.94. The van der Waals surface area contributed by atoms with Crippen LogP contribution in [0.1, 0.15) is 31.0 Å². The summed E-state index contributed by atoms with van der Waals surface area (Å²) in [6.07, 6.45) is 5.55. The van der Waals surface area contributed by atoms with Gasteiger partial charge in [-0.15, -0.1) is 0 Å². The molecule has 1 fully saturated rings. The Hall–Kier alpha value is -1.62. The average Bonchev–Trinajstić information content (AvgIpc) is 3.21. The van der Waals surface area contributed by atoms with Gasteiger partial charge in [0.1, 0.15) is 11.6 Å². The summed E-state index contributed by atoms with van der Waals surface area (Å²) in [5.41, 5.74) is 1.32. The van der Waals surface area contributed by atoms with Crippen LogP contribution in [0.25, 0.3) is 0 Å². The van der Waals surface area contributed by atoms with Crippen molar-refractivity contribution < 1.29 is 0 Å². The molecule has 0 atom stereocenters. The average molecular weight is 246 g/mol. The molecule has 0 radical (unpaired) electrons. The number of nitrogens with one attached hydrogen (secondary N) is 3. The molecular formula is C13H18N4O. The third-order valence-electron chi connectivity index (χ3n) is 3.38. The molecular weight excluding hydrogens is 228 g/mol. The fraction of sp³-hybridized carbons (Fsp3) is 0.538. The van der Waals surface area contributed by atoms with Crippen molar-refractivity contribution in [1.29, 1.82) is 0 Å². The summed E-state index contributed by atoms with van der Waals surface area (Å²) in [5.74, 6) is 2.00. The van der Waals surface area contributed by atoms with Crippen LogP contribution in [0.3, 0.4) is 0 Å². The van der Waals surface area contributed by atoms with Crippen molar-refractivity contribution in [3.05, 3.63) is 33.9 Å². The van der Waals surface area contributed by atoms with E-state index in [1.54, 1.807) is 0 Å². The van der Waals surface area contributed by atoms with Crippen LogP contribution >= 0.6 is 0 Å². The minimum absolute atomic E-state index is 0.0614. The second-order valence-electron chi connectivity index (χ2n) is 4.96. The van der Waals surface area contributed by atoms with Crippen molar-refractivity contribution in [2.45, 2.75) is 25.2 Å². The zero-order valence-electron chi connectivity index (χ0n) is 10.3. The maximum Gasteiger partial charge on any atom is 0.252 e. The van der Waals surface area contributed by atoms with Crippen molar-refractivity contribution >= 4 is 5.82 Å². The van der Waals surface area contributed by atoms with E-state index in [0.717, 1.165) is 44.7 Å². The van der Waals surface area contributed by atoms with Crippen LogP contribution in [0.5, 0.6) is 0 Å². The maximum atomic E-state index is 11.5. The van der Waals surface area contributed by atoms with Crippen LogP contribution in [0.2, 0.25) is 0 Å². The normalized spacial score (nSPS) is 19.4. The minimum Gasteiger partial charge on any atom is -0.366 e. The van der Waals surface area contributed by atoms with Crippen LogP contribution in [0.15, 0.2) is 22.5 Å². The largest absolute Gasteiger partial charge is 0.366 e. The van der Waals surface area contributed by atoms with E-state index in [0.29, 0.717) is 11.7 Å². The molecule has 2 heterocycles. The van der Waals surface area contributed by atoms with Gasteiger partial charge in [-0.3, -0.25) is 4.79 Å². The van der Waals surface area contributed by atoms with E-state index in [1.807, 2.05) is 0 Å². The highest BCUT2D eigenvalue weighted by atomic mass is 16.1. The van der Waals surface area contributed by atoms with E-state index >= 15 is 0 Å². The number of aromatic amines is 1. The number of hydrogen-bond acceptors (Lipinski definition) is 4. The molecule has 3 rings (SSSR count). The van der Waals surface area contributed by atoms with Crippen LogP contribution < -0.4 is 16.2 Å². The first-order chi connectivity index (χ1) is 8.81. The van der Waals surface area contributed by atoms with Crippen LogP contribution in [0, 0.1) is 0 Å². The Morgan fingerprint density at radius 1 is 1.44 bits per heavy atom. The van der Waals surface area contributed by atoms with E-state index in [9.17, 15) is 4.79 Å². The number of hydrogen-bond donors (Lipinski definition) is 3. The van der Waals surface area contributed by atoms with Crippen LogP contribution in [-0.2, 0) is 0 Å². The molecule has 3 N–H and O–H groups in total.